The summed E-state index contributed by atoms with van der Waals surface area (Å²) in [5.74, 6) is 0.106. The summed E-state index contributed by atoms with van der Waals surface area (Å²) in [5.41, 5.74) is -0.107. The number of piperazine rings is 1. The molecule has 1 aliphatic rings. The highest BCUT2D eigenvalue weighted by molar-refractivity contribution is 5.87. The number of hydrogen-bond donors (Lipinski definition) is 0. The second-order valence-corrected chi connectivity index (χ2v) is 8.89. The van der Waals surface area contributed by atoms with Crippen LogP contribution in [0.25, 0.3) is 0 Å². The average molecular weight is 332 g/mol. The first kappa shape index (κ1) is 18.9. The molecule has 0 aromatic heterocycles. The Bertz CT molecular complexity index is 587. The van der Waals surface area contributed by atoms with E-state index in [0.29, 0.717) is 6.54 Å². The number of rotatable bonds is 3. The van der Waals surface area contributed by atoms with Crippen LogP contribution in [0.3, 0.4) is 0 Å². The summed E-state index contributed by atoms with van der Waals surface area (Å²) in [4.78, 5) is 21.4. The van der Waals surface area contributed by atoms with Crippen LogP contribution in [0.15, 0.2) is 30.3 Å². The van der Waals surface area contributed by atoms with E-state index >= 15 is 0 Å². The molecule has 0 N–H and O–H groups in total. The Labute approximate surface area is 146 Å². The van der Waals surface area contributed by atoms with E-state index in [2.05, 4.69) is 46.8 Å². The number of nitrogens with zero attached hydrogens (tertiary/aromatic N) is 2. The molecule has 0 aliphatic carbocycles. The van der Waals surface area contributed by atoms with Crippen molar-refractivity contribution in [3.05, 3.63) is 35.9 Å². The van der Waals surface area contributed by atoms with Crippen LogP contribution in [0.1, 0.15) is 67.1 Å². The molecule has 1 aromatic rings. The van der Waals surface area contributed by atoms with Gasteiger partial charge in [-0.1, -0.05) is 30.3 Å². The molecule has 134 valence electrons. The predicted octanol–water partition coefficient (Wildman–Crippen LogP) is 4.18. The van der Waals surface area contributed by atoms with Gasteiger partial charge in [0.1, 0.15) is 11.6 Å². The van der Waals surface area contributed by atoms with Crippen molar-refractivity contribution in [1.82, 2.24) is 9.96 Å². The third-order valence-electron chi connectivity index (χ3n) is 4.71. The van der Waals surface area contributed by atoms with Crippen molar-refractivity contribution < 1.29 is 9.63 Å². The van der Waals surface area contributed by atoms with Crippen LogP contribution in [0, 0.1) is 0 Å². The molecule has 1 aliphatic heterocycles. The van der Waals surface area contributed by atoms with Crippen LogP contribution in [0.4, 0.5) is 0 Å². The molecule has 0 spiro atoms. The standard InChI is InChI=1S/C20H32N2O2/c1-15(16-12-10-9-11-13-16)24-22-19(5,6)14-21(18(2,3)4)17(23)20(22,7)8/h9-13,15H,14H2,1-8H3. The van der Waals surface area contributed by atoms with Crippen LogP contribution < -0.4 is 0 Å². The van der Waals surface area contributed by atoms with Gasteiger partial charge in [0, 0.05) is 12.1 Å². The van der Waals surface area contributed by atoms with Crippen LogP contribution in [0.2, 0.25) is 0 Å². The first-order valence-corrected chi connectivity index (χ1v) is 8.71. The highest BCUT2D eigenvalue weighted by atomic mass is 16.7. The molecule has 4 nitrogen and oxygen atoms in total. The van der Waals surface area contributed by atoms with Crippen LogP contribution >= 0.6 is 0 Å². The molecule has 1 fully saturated rings. The first-order valence-electron chi connectivity index (χ1n) is 8.71. The molecule has 1 atom stereocenters. The van der Waals surface area contributed by atoms with Crippen LogP contribution in [-0.2, 0) is 9.63 Å². The van der Waals surface area contributed by atoms with Gasteiger partial charge in [-0.15, -0.1) is 0 Å². The molecule has 1 heterocycles. The van der Waals surface area contributed by atoms with Crippen molar-refractivity contribution in [1.29, 1.82) is 0 Å². The summed E-state index contributed by atoms with van der Waals surface area (Å²) < 4.78 is 0. The van der Waals surface area contributed by atoms with Crippen LogP contribution in [-0.4, -0.2) is 39.0 Å². The van der Waals surface area contributed by atoms with Crippen molar-refractivity contribution in [2.24, 2.45) is 0 Å². The van der Waals surface area contributed by atoms with Gasteiger partial charge in [-0.25, -0.2) is 0 Å². The van der Waals surface area contributed by atoms with E-state index in [-0.39, 0.29) is 23.1 Å². The van der Waals surface area contributed by atoms with Gasteiger partial charge in [0.15, 0.2) is 0 Å². The molecule has 24 heavy (non-hydrogen) atoms. The average Bonchev–Trinajstić information content (AvgIpc) is 2.47. The van der Waals surface area contributed by atoms with E-state index in [4.69, 9.17) is 4.84 Å². The molecule has 0 bridgehead atoms. The Morgan fingerprint density at radius 3 is 2.12 bits per heavy atom. The summed E-state index contributed by atoms with van der Waals surface area (Å²) in [5, 5.41) is 1.90. The lowest BCUT2D eigenvalue weighted by Gasteiger charge is -2.57. The summed E-state index contributed by atoms with van der Waals surface area (Å²) in [6.07, 6.45) is -0.112. The molecule has 1 aromatic carbocycles. The van der Waals surface area contributed by atoms with Gasteiger partial charge in [0.2, 0.25) is 5.91 Å². The summed E-state index contributed by atoms with van der Waals surface area (Å²) in [6.45, 7) is 17.1. The fourth-order valence-corrected chi connectivity index (χ4v) is 3.46. The zero-order valence-corrected chi connectivity index (χ0v) is 16.4. The molecule has 1 unspecified atom stereocenters. The second-order valence-electron chi connectivity index (χ2n) is 8.89. The Kier molecular flexibility index (Phi) is 4.86. The molecule has 4 heteroatoms. The lowest BCUT2D eigenvalue weighted by atomic mass is 9.86. The molecule has 0 radical (unpaired) electrons. The maximum atomic E-state index is 13.1. The molecule has 2 rings (SSSR count). The van der Waals surface area contributed by atoms with Gasteiger partial charge in [0.25, 0.3) is 0 Å². The first-order chi connectivity index (χ1) is 10.9. The molecule has 0 saturated carbocycles. The summed E-state index contributed by atoms with van der Waals surface area (Å²) >= 11 is 0. The van der Waals surface area contributed by atoms with E-state index in [1.165, 1.54) is 0 Å². The van der Waals surface area contributed by atoms with Gasteiger partial charge >= 0.3 is 0 Å². The Morgan fingerprint density at radius 1 is 1.08 bits per heavy atom. The lowest BCUT2D eigenvalue weighted by Crippen LogP contribution is -2.73. The number of amides is 1. The van der Waals surface area contributed by atoms with Crippen molar-refractivity contribution in [3.63, 3.8) is 0 Å². The van der Waals surface area contributed by atoms with E-state index in [1.807, 2.05) is 48.9 Å². The minimum Gasteiger partial charge on any atom is -0.334 e. The second kappa shape index (κ2) is 6.16. The van der Waals surface area contributed by atoms with Crippen molar-refractivity contribution >= 4 is 5.91 Å². The van der Waals surface area contributed by atoms with E-state index in [9.17, 15) is 4.79 Å². The van der Waals surface area contributed by atoms with Crippen molar-refractivity contribution in [2.45, 2.75) is 78.1 Å². The SMILES string of the molecule is CC(ON1C(C)(C)CN(C(C)(C)C)C(=O)C1(C)C)c1ccccc1. The fraction of sp³-hybridized carbons (Fsp3) is 0.650. The smallest absolute Gasteiger partial charge is 0.245 e. The zero-order chi connectivity index (χ0) is 18.3. The maximum absolute atomic E-state index is 13.1. The third-order valence-corrected chi connectivity index (χ3v) is 4.71. The van der Waals surface area contributed by atoms with Gasteiger partial charge in [-0.05, 0) is 61.0 Å². The maximum Gasteiger partial charge on any atom is 0.245 e. The number of hydroxylamine groups is 2. The Morgan fingerprint density at radius 2 is 1.62 bits per heavy atom. The van der Waals surface area contributed by atoms with Gasteiger partial charge < -0.3 is 4.90 Å². The third kappa shape index (κ3) is 3.50. The van der Waals surface area contributed by atoms with E-state index in [0.717, 1.165) is 5.56 Å². The van der Waals surface area contributed by atoms with Crippen LogP contribution in [0.5, 0.6) is 0 Å². The Balaban J connectivity index is 2.31. The quantitative estimate of drug-likeness (QED) is 0.832. The van der Waals surface area contributed by atoms with E-state index < -0.39 is 5.54 Å². The zero-order valence-electron chi connectivity index (χ0n) is 16.4. The molecule has 1 amide bonds. The monoisotopic (exact) mass is 332 g/mol. The number of carbonyl (C=O) groups excluding carboxylic acids is 1. The number of hydrogen-bond acceptors (Lipinski definition) is 3. The van der Waals surface area contributed by atoms with Gasteiger partial charge in [-0.3, -0.25) is 9.63 Å². The minimum absolute atomic E-state index is 0.106. The highest BCUT2D eigenvalue weighted by Gasteiger charge is 2.54. The molecular weight excluding hydrogens is 300 g/mol. The Hall–Kier alpha value is -1.39. The van der Waals surface area contributed by atoms with Gasteiger partial charge in [-0.2, -0.15) is 5.06 Å². The summed E-state index contributed by atoms with van der Waals surface area (Å²) in [7, 11) is 0. The van der Waals surface area contributed by atoms with Gasteiger partial charge in [0.05, 0.1) is 5.54 Å². The minimum atomic E-state index is -0.724. The molecule has 1 saturated heterocycles. The largest absolute Gasteiger partial charge is 0.334 e. The molecular formula is C20H32N2O2. The topological polar surface area (TPSA) is 32.8 Å². The van der Waals surface area contributed by atoms with E-state index in [1.54, 1.807) is 0 Å². The normalized spacial score (nSPS) is 22.5. The highest BCUT2D eigenvalue weighted by Crippen LogP contribution is 2.38. The van der Waals surface area contributed by atoms with Crippen molar-refractivity contribution in [3.8, 4) is 0 Å². The van der Waals surface area contributed by atoms with Crippen molar-refractivity contribution in [2.75, 3.05) is 6.54 Å². The fourth-order valence-electron chi connectivity index (χ4n) is 3.46. The number of benzene rings is 1. The summed E-state index contributed by atoms with van der Waals surface area (Å²) in [6, 6.07) is 10.1. The number of carbonyl (C=O) groups is 1. The predicted molar refractivity (Wildman–Crippen MR) is 97.4 cm³/mol. The lowest BCUT2D eigenvalue weighted by molar-refractivity contribution is -0.303.